The van der Waals surface area contributed by atoms with Crippen LogP contribution >= 0.6 is 0 Å². The Kier molecular flexibility index (Phi) is 12.4. The Labute approximate surface area is 227 Å². The van der Waals surface area contributed by atoms with Gasteiger partial charge in [-0.25, -0.2) is 4.68 Å². The minimum absolute atomic E-state index is 0.0622. The lowest BCUT2D eigenvalue weighted by Crippen LogP contribution is -2.06. The number of hydrogen-bond acceptors (Lipinski definition) is 5. The van der Waals surface area contributed by atoms with Crippen molar-refractivity contribution in [2.24, 2.45) is 0 Å². The number of hydrogen-bond donors (Lipinski definition) is 0. The van der Waals surface area contributed by atoms with Crippen LogP contribution in [-0.4, -0.2) is 36.4 Å². The molecule has 3 rings (SSSR count). The second-order valence-electron chi connectivity index (χ2n) is 9.02. The summed E-state index contributed by atoms with van der Waals surface area (Å²) in [4.78, 5) is 12.3. The molecule has 2 aromatic carbocycles. The van der Waals surface area contributed by atoms with Crippen molar-refractivity contribution in [1.82, 2.24) is 9.78 Å². The van der Waals surface area contributed by atoms with Gasteiger partial charge in [0.2, 0.25) is 0 Å². The third-order valence-corrected chi connectivity index (χ3v) is 5.94. The quantitative estimate of drug-likeness (QED) is 0.191. The third-order valence-electron chi connectivity index (χ3n) is 5.94. The fraction of sp³-hybridized carbons (Fsp3) is 0.375. The van der Waals surface area contributed by atoms with Crippen LogP contribution in [0.25, 0.3) is 5.70 Å². The molecule has 0 radical (unpaired) electrons. The van der Waals surface area contributed by atoms with E-state index in [-0.39, 0.29) is 5.78 Å². The van der Waals surface area contributed by atoms with Gasteiger partial charge in [-0.3, -0.25) is 4.79 Å². The first kappa shape index (κ1) is 30.4. The van der Waals surface area contributed by atoms with E-state index < -0.39 is 0 Å². The molecule has 204 valence electrons. The normalized spacial score (nSPS) is 11.5. The number of ketones is 1. The molecule has 1 heterocycles. The Morgan fingerprint density at radius 1 is 0.895 bits per heavy atom. The van der Waals surface area contributed by atoms with Crippen LogP contribution in [0.5, 0.6) is 17.2 Å². The molecule has 38 heavy (non-hydrogen) atoms. The number of allylic oxidation sites excluding steroid dienone is 3. The lowest BCUT2D eigenvalue weighted by molar-refractivity contribution is 0.0976. The number of benzene rings is 2. The number of Topliss-reactive ketones (excluding diaryl/α,β-unsaturated/α-hetero) is 1. The van der Waals surface area contributed by atoms with Gasteiger partial charge in [0, 0.05) is 23.7 Å². The fourth-order valence-electron chi connectivity index (χ4n) is 3.59. The van der Waals surface area contributed by atoms with Crippen molar-refractivity contribution >= 4 is 11.5 Å². The van der Waals surface area contributed by atoms with E-state index >= 15 is 0 Å². The molecule has 0 aliphatic carbocycles. The minimum atomic E-state index is 0.0622. The Bertz CT molecular complexity index is 1210. The molecule has 6 nitrogen and oxygen atoms in total. The zero-order valence-electron chi connectivity index (χ0n) is 24.1. The minimum Gasteiger partial charge on any atom is -0.497 e. The highest BCUT2D eigenvalue weighted by molar-refractivity contribution is 5.94. The smallest absolute Gasteiger partial charge is 0.183 e. The third kappa shape index (κ3) is 8.94. The fourth-order valence-corrected chi connectivity index (χ4v) is 3.59. The van der Waals surface area contributed by atoms with Crippen LogP contribution in [0.4, 0.5) is 0 Å². The Balaban J connectivity index is 0.000000423. The summed E-state index contributed by atoms with van der Waals surface area (Å²) >= 11 is 0. The summed E-state index contributed by atoms with van der Waals surface area (Å²) in [5.74, 6) is 2.41. The van der Waals surface area contributed by atoms with Crippen molar-refractivity contribution in [3.63, 3.8) is 0 Å². The first-order chi connectivity index (χ1) is 18.3. The van der Waals surface area contributed by atoms with Crippen molar-refractivity contribution in [2.75, 3.05) is 20.8 Å². The van der Waals surface area contributed by atoms with Crippen LogP contribution in [0.15, 0.2) is 66.3 Å². The number of carbonyl (C=O) groups excluding carboxylic acids is 1. The van der Waals surface area contributed by atoms with Gasteiger partial charge in [-0.2, -0.15) is 5.10 Å². The van der Waals surface area contributed by atoms with Gasteiger partial charge in [0.15, 0.2) is 5.78 Å². The molecule has 0 saturated heterocycles. The highest BCUT2D eigenvalue weighted by atomic mass is 16.5. The number of aromatic nitrogens is 2. The molecule has 1 aromatic heterocycles. The van der Waals surface area contributed by atoms with E-state index in [9.17, 15) is 4.79 Å². The summed E-state index contributed by atoms with van der Waals surface area (Å²) in [6.07, 6.45) is 6.37. The van der Waals surface area contributed by atoms with Gasteiger partial charge in [-0.15, -0.1) is 0 Å². The molecular formula is C32H42N2O4. The summed E-state index contributed by atoms with van der Waals surface area (Å²) in [5, 5.41) is 4.61. The van der Waals surface area contributed by atoms with Gasteiger partial charge < -0.3 is 14.2 Å². The SMILES string of the molecule is CCCC(=O)c1cc(C)n(/C(=C\C=C(C)CC)c2cc(OC)cc(OC)c2)n1.CCOc1ccc(C)cc1. The zero-order chi connectivity index (χ0) is 28.1. The average molecular weight is 519 g/mol. The van der Waals surface area contributed by atoms with Crippen LogP contribution in [-0.2, 0) is 0 Å². The van der Waals surface area contributed by atoms with Crippen molar-refractivity contribution < 1.29 is 19.0 Å². The molecule has 0 unspecified atom stereocenters. The standard InChI is InChI=1S/C23H30N2O3.C9H12O/c1-7-9-23(26)21-12-17(4)25(24-21)22(11-10-16(3)8-2)18-13-19(27-5)15-20(14-18)28-6;1-3-10-9-6-4-8(2)5-7-9/h10-15H,7-9H2,1-6H3;4-7H,3H2,1-2H3/b16-10?,22-11-;. The number of nitrogens with zero attached hydrogens (tertiary/aromatic N) is 2. The van der Waals surface area contributed by atoms with Gasteiger partial charge >= 0.3 is 0 Å². The lowest BCUT2D eigenvalue weighted by atomic mass is 10.1. The monoisotopic (exact) mass is 518 g/mol. The van der Waals surface area contributed by atoms with Gasteiger partial charge in [0.1, 0.15) is 22.9 Å². The van der Waals surface area contributed by atoms with Crippen molar-refractivity contribution in [3.05, 3.63) is 88.8 Å². The maximum atomic E-state index is 12.3. The van der Waals surface area contributed by atoms with Crippen molar-refractivity contribution in [1.29, 1.82) is 0 Å². The molecule has 6 heteroatoms. The largest absolute Gasteiger partial charge is 0.497 e. The van der Waals surface area contributed by atoms with Crippen LogP contribution < -0.4 is 14.2 Å². The van der Waals surface area contributed by atoms with Crippen molar-refractivity contribution in [3.8, 4) is 17.2 Å². The number of carbonyl (C=O) groups is 1. The predicted molar refractivity (Wildman–Crippen MR) is 156 cm³/mol. The maximum absolute atomic E-state index is 12.3. The van der Waals surface area contributed by atoms with E-state index in [2.05, 4.69) is 31.9 Å². The van der Waals surface area contributed by atoms with E-state index in [0.29, 0.717) is 23.6 Å². The van der Waals surface area contributed by atoms with E-state index in [1.165, 1.54) is 11.1 Å². The molecule has 0 fully saturated rings. The van der Waals surface area contributed by atoms with Crippen LogP contribution in [0.2, 0.25) is 0 Å². The zero-order valence-corrected chi connectivity index (χ0v) is 24.1. The Hall–Kier alpha value is -3.80. The maximum Gasteiger partial charge on any atom is 0.183 e. The van der Waals surface area contributed by atoms with E-state index in [1.807, 2.05) is 80.1 Å². The summed E-state index contributed by atoms with van der Waals surface area (Å²) in [5.41, 5.74) is 5.67. The summed E-state index contributed by atoms with van der Waals surface area (Å²) in [6, 6.07) is 15.6. The number of methoxy groups -OCH3 is 2. The molecule has 0 amide bonds. The second-order valence-corrected chi connectivity index (χ2v) is 9.02. The molecule has 0 bridgehead atoms. The molecular weight excluding hydrogens is 476 g/mol. The van der Waals surface area contributed by atoms with Crippen LogP contribution in [0.3, 0.4) is 0 Å². The second kappa shape index (κ2) is 15.5. The van der Waals surface area contributed by atoms with Gasteiger partial charge in [0.25, 0.3) is 0 Å². The molecule has 0 atom stereocenters. The van der Waals surface area contributed by atoms with Crippen LogP contribution in [0, 0.1) is 13.8 Å². The highest BCUT2D eigenvalue weighted by Crippen LogP contribution is 2.29. The topological polar surface area (TPSA) is 62.6 Å². The predicted octanol–water partition coefficient (Wildman–Crippen LogP) is 7.83. The average Bonchev–Trinajstić information content (AvgIpc) is 3.31. The number of ether oxygens (including phenoxy) is 3. The Morgan fingerprint density at radius 3 is 2.05 bits per heavy atom. The molecule has 0 aliphatic rings. The highest BCUT2D eigenvalue weighted by Gasteiger charge is 2.16. The molecule has 0 aliphatic heterocycles. The summed E-state index contributed by atoms with van der Waals surface area (Å²) in [7, 11) is 3.26. The summed E-state index contributed by atoms with van der Waals surface area (Å²) in [6.45, 7) is 12.9. The Morgan fingerprint density at radius 2 is 1.53 bits per heavy atom. The van der Waals surface area contributed by atoms with E-state index in [4.69, 9.17) is 14.2 Å². The molecule has 3 aromatic rings. The van der Waals surface area contributed by atoms with Gasteiger partial charge in [0.05, 0.1) is 26.5 Å². The molecule has 0 N–H and O–H groups in total. The number of rotatable bonds is 11. The van der Waals surface area contributed by atoms with Crippen LogP contribution in [0.1, 0.15) is 74.3 Å². The molecule has 0 spiro atoms. The van der Waals surface area contributed by atoms with Gasteiger partial charge in [-0.05, 0) is 76.9 Å². The van der Waals surface area contributed by atoms with E-state index in [1.54, 1.807) is 14.2 Å². The lowest BCUT2D eigenvalue weighted by Gasteiger charge is -2.13. The summed E-state index contributed by atoms with van der Waals surface area (Å²) < 4.78 is 17.9. The number of aryl methyl sites for hydroxylation is 2. The first-order valence-electron chi connectivity index (χ1n) is 13.2. The van der Waals surface area contributed by atoms with Gasteiger partial charge in [-0.1, -0.05) is 43.2 Å². The van der Waals surface area contributed by atoms with Crippen molar-refractivity contribution in [2.45, 2.75) is 60.8 Å². The first-order valence-corrected chi connectivity index (χ1v) is 13.2. The molecule has 0 saturated carbocycles. The van der Waals surface area contributed by atoms with E-state index in [0.717, 1.165) is 42.2 Å².